The van der Waals surface area contributed by atoms with Crippen LogP contribution in [0, 0.1) is 0 Å². The van der Waals surface area contributed by atoms with E-state index in [9.17, 15) is 4.79 Å². The van der Waals surface area contributed by atoms with Gasteiger partial charge in [-0.25, -0.2) is 4.40 Å². The zero-order valence-corrected chi connectivity index (χ0v) is 17.8. The van der Waals surface area contributed by atoms with E-state index in [0.717, 1.165) is 11.1 Å². The van der Waals surface area contributed by atoms with Crippen LogP contribution in [0.1, 0.15) is 11.1 Å². The van der Waals surface area contributed by atoms with Gasteiger partial charge in [-0.1, -0.05) is 83.6 Å². The summed E-state index contributed by atoms with van der Waals surface area (Å²) in [5.74, 6) is 1.15. The molecular formula is C24H16ClN3O2S. The normalized spacial score (nSPS) is 11.8. The molecule has 0 aliphatic heterocycles. The topological polar surface area (TPSA) is 56.5 Å². The number of para-hydroxylation sites is 1. The van der Waals surface area contributed by atoms with E-state index in [1.807, 2.05) is 78.9 Å². The molecule has 5 rings (SSSR count). The zero-order chi connectivity index (χ0) is 21.2. The second kappa shape index (κ2) is 8.34. The number of halogens is 1. The first-order chi connectivity index (χ1) is 15.2. The fourth-order valence-corrected chi connectivity index (χ4v) is 4.41. The summed E-state index contributed by atoms with van der Waals surface area (Å²) in [5, 5.41) is 8.88. The van der Waals surface area contributed by atoms with Crippen molar-refractivity contribution >= 4 is 34.0 Å². The molecule has 0 fully saturated rings. The third-order valence-corrected chi connectivity index (χ3v) is 6.09. The fraction of sp³-hybridized carbons (Fsp3) is 0.0417. The van der Waals surface area contributed by atoms with Gasteiger partial charge in [-0.3, -0.25) is 4.79 Å². The maximum atomic E-state index is 13.2. The van der Waals surface area contributed by atoms with E-state index in [1.165, 1.54) is 15.7 Å². The summed E-state index contributed by atoms with van der Waals surface area (Å²) in [4.78, 5) is 13.7. The minimum Gasteiger partial charge on any atom is -0.488 e. The van der Waals surface area contributed by atoms with E-state index < -0.39 is 0 Å². The van der Waals surface area contributed by atoms with Crippen LogP contribution in [-0.4, -0.2) is 14.6 Å². The van der Waals surface area contributed by atoms with Gasteiger partial charge in [0, 0.05) is 11.1 Å². The Hall–Kier alpha value is -3.48. The lowest BCUT2D eigenvalue weighted by Crippen LogP contribution is -2.23. The van der Waals surface area contributed by atoms with Gasteiger partial charge in [0.05, 0.1) is 9.55 Å². The van der Waals surface area contributed by atoms with Gasteiger partial charge in [0.1, 0.15) is 12.4 Å². The van der Waals surface area contributed by atoms with E-state index in [1.54, 1.807) is 6.07 Å². The summed E-state index contributed by atoms with van der Waals surface area (Å²) in [7, 11) is 0. The Morgan fingerprint density at radius 1 is 0.935 bits per heavy atom. The van der Waals surface area contributed by atoms with Crippen molar-refractivity contribution in [1.82, 2.24) is 14.6 Å². The molecule has 152 valence electrons. The minimum atomic E-state index is -0.183. The smallest absolute Gasteiger partial charge is 0.276 e. The quantitative estimate of drug-likeness (QED) is 0.397. The highest BCUT2D eigenvalue weighted by atomic mass is 35.5. The molecule has 0 spiro atoms. The van der Waals surface area contributed by atoms with Crippen LogP contribution in [0.25, 0.3) is 22.4 Å². The molecule has 0 N–H and O–H groups in total. The van der Waals surface area contributed by atoms with E-state index in [0.29, 0.717) is 38.3 Å². The maximum absolute atomic E-state index is 13.2. The number of hydrogen-bond donors (Lipinski definition) is 0. The Morgan fingerprint density at radius 3 is 2.52 bits per heavy atom. The molecule has 5 aromatic rings. The van der Waals surface area contributed by atoms with Gasteiger partial charge in [-0.05, 0) is 29.8 Å². The lowest BCUT2D eigenvalue weighted by atomic mass is 10.2. The van der Waals surface area contributed by atoms with Gasteiger partial charge in [-0.15, -0.1) is 10.2 Å². The van der Waals surface area contributed by atoms with Crippen molar-refractivity contribution in [3.8, 4) is 17.1 Å². The molecule has 3 aromatic carbocycles. The van der Waals surface area contributed by atoms with Gasteiger partial charge in [0.15, 0.2) is 5.82 Å². The lowest BCUT2D eigenvalue weighted by Gasteiger charge is -2.08. The summed E-state index contributed by atoms with van der Waals surface area (Å²) >= 11 is 7.59. The summed E-state index contributed by atoms with van der Waals surface area (Å²) in [5.41, 5.74) is 2.39. The third kappa shape index (κ3) is 3.83. The van der Waals surface area contributed by atoms with Gasteiger partial charge >= 0.3 is 0 Å². The van der Waals surface area contributed by atoms with Crippen LogP contribution in [0.3, 0.4) is 0 Å². The van der Waals surface area contributed by atoms with Crippen molar-refractivity contribution in [1.29, 1.82) is 0 Å². The summed E-state index contributed by atoms with van der Waals surface area (Å²) < 4.78 is 8.07. The molecule has 0 radical (unpaired) electrons. The lowest BCUT2D eigenvalue weighted by molar-refractivity contribution is 0.305. The zero-order valence-electron chi connectivity index (χ0n) is 16.2. The minimum absolute atomic E-state index is 0.183. The Morgan fingerprint density at radius 2 is 1.68 bits per heavy atom. The van der Waals surface area contributed by atoms with Crippen molar-refractivity contribution in [2.24, 2.45) is 0 Å². The largest absolute Gasteiger partial charge is 0.488 e. The van der Waals surface area contributed by atoms with E-state index in [4.69, 9.17) is 16.3 Å². The van der Waals surface area contributed by atoms with Crippen LogP contribution in [0.4, 0.5) is 0 Å². The van der Waals surface area contributed by atoms with Gasteiger partial charge in [-0.2, -0.15) is 0 Å². The molecule has 0 atom stereocenters. The Bertz CT molecular complexity index is 1480. The van der Waals surface area contributed by atoms with Gasteiger partial charge in [0.25, 0.3) is 5.56 Å². The third-order valence-electron chi connectivity index (χ3n) is 4.81. The number of benzene rings is 3. The molecule has 0 amide bonds. The Kier molecular flexibility index (Phi) is 5.24. The van der Waals surface area contributed by atoms with Gasteiger partial charge < -0.3 is 4.74 Å². The summed E-state index contributed by atoms with van der Waals surface area (Å²) in [6.07, 6.45) is 1.83. The molecule has 2 aromatic heterocycles. The number of hydrogen-bond acceptors (Lipinski definition) is 5. The number of nitrogens with zero attached hydrogens (tertiary/aromatic N) is 3. The monoisotopic (exact) mass is 445 g/mol. The van der Waals surface area contributed by atoms with Gasteiger partial charge in [0.2, 0.25) is 4.96 Å². The number of rotatable bonds is 5. The average molecular weight is 446 g/mol. The van der Waals surface area contributed by atoms with Crippen LogP contribution in [-0.2, 0) is 6.61 Å². The van der Waals surface area contributed by atoms with Crippen molar-refractivity contribution in [3.05, 3.63) is 110 Å². The summed E-state index contributed by atoms with van der Waals surface area (Å²) in [6.45, 7) is 0.449. The standard InChI is InChI=1S/C24H16ClN3O2S/c25-19-12-6-5-11-18(19)22-26-27-24-28(22)23(29)21(31-24)14-17-10-4-7-13-20(17)30-15-16-8-2-1-3-9-16/h1-14H,15H2/b21-14+. The molecular weight excluding hydrogens is 430 g/mol. The SMILES string of the molecule is O=c1/c(=C\c2ccccc2OCc2ccccc2)sc2nnc(-c3ccccc3Cl)n12. The number of thiazole rings is 1. The Labute approximate surface area is 186 Å². The molecule has 0 unspecified atom stereocenters. The molecule has 0 bridgehead atoms. The van der Waals surface area contributed by atoms with Crippen LogP contribution in [0.2, 0.25) is 5.02 Å². The highest BCUT2D eigenvalue weighted by molar-refractivity contribution is 7.15. The Balaban J connectivity index is 1.55. The predicted molar refractivity (Wildman–Crippen MR) is 124 cm³/mol. The van der Waals surface area contributed by atoms with E-state index in [-0.39, 0.29) is 5.56 Å². The van der Waals surface area contributed by atoms with E-state index >= 15 is 0 Å². The molecule has 7 heteroatoms. The number of fused-ring (bicyclic) bond motifs is 1. The molecule has 0 aliphatic carbocycles. The van der Waals surface area contributed by atoms with Crippen LogP contribution >= 0.6 is 22.9 Å². The second-order valence-electron chi connectivity index (χ2n) is 6.85. The molecule has 0 aliphatic rings. The summed E-state index contributed by atoms with van der Waals surface area (Å²) in [6, 6.07) is 24.9. The van der Waals surface area contributed by atoms with Crippen molar-refractivity contribution in [2.45, 2.75) is 6.61 Å². The first-order valence-electron chi connectivity index (χ1n) is 9.61. The molecule has 0 saturated heterocycles. The van der Waals surface area contributed by atoms with Crippen LogP contribution < -0.4 is 14.8 Å². The molecule has 0 saturated carbocycles. The van der Waals surface area contributed by atoms with Crippen molar-refractivity contribution in [2.75, 3.05) is 0 Å². The first kappa shape index (κ1) is 19.5. The number of ether oxygens (including phenoxy) is 1. The average Bonchev–Trinajstić information content (AvgIpc) is 3.34. The molecule has 31 heavy (non-hydrogen) atoms. The molecule has 5 nitrogen and oxygen atoms in total. The highest BCUT2D eigenvalue weighted by Crippen LogP contribution is 2.26. The van der Waals surface area contributed by atoms with Crippen LogP contribution in [0.5, 0.6) is 5.75 Å². The second-order valence-corrected chi connectivity index (χ2v) is 8.27. The van der Waals surface area contributed by atoms with Crippen molar-refractivity contribution in [3.63, 3.8) is 0 Å². The highest BCUT2D eigenvalue weighted by Gasteiger charge is 2.16. The van der Waals surface area contributed by atoms with Crippen molar-refractivity contribution < 1.29 is 4.74 Å². The van der Waals surface area contributed by atoms with Crippen LogP contribution in [0.15, 0.2) is 83.7 Å². The predicted octanol–water partition coefficient (Wildman–Crippen LogP) is 4.60. The fourth-order valence-electron chi connectivity index (χ4n) is 3.29. The molecule has 2 heterocycles. The van der Waals surface area contributed by atoms with E-state index in [2.05, 4.69) is 10.2 Å². The first-order valence-corrected chi connectivity index (χ1v) is 10.8. The maximum Gasteiger partial charge on any atom is 0.276 e. The number of aromatic nitrogens is 3.